The molecule has 2 N–H and O–H groups in total. The first-order valence-corrected chi connectivity index (χ1v) is 6.08. The maximum atomic E-state index is 9.25. The smallest absolute Gasteiger partial charge is 0.0613 e. The van der Waals surface area contributed by atoms with Crippen LogP contribution < -0.4 is 5.32 Å². The molecule has 2 nitrogen and oxygen atoms in total. The van der Waals surface area contributed by atoms with E-state index < -0.39 is 0 Å². The maximum absolute atomic E-state index is 9.25. The Kier molecular flexibility index (Phi) is 3.31. The van der Waals surface area contributed by atoms with E-state index in [-0.39, 0.29) is 12.1 Å². The molecule has 1 aromatic carbocycles. The van der Waals surface area contributed by atoms with Gasteiger partial charge in [0.05, 0.1) is 6.61 Å². The van der Waals surface area contributed by atoms with Crippen molar-refractivity contribution < 1.29 is 5.11 Å². The lowest BCUT2D eigenvalue weighted by molar-refractivity contribution is 0.220. The van der Waals surface area contributed by atoms with Gasteiger partial charge in [0, 0.05) is 11.6 Å². The van der Waals surface area contributed by atoms with Crippen LogP contribution in [0.2, 0.25) is 0 Å². The molecule has 16 heavy (non-hydrogen) atoms. The fourth-order valence-corrected chi connectivity index (χ4v) is 2.15. The molecule has 2 heteroatoms. The van der Waals surface area contributed by atoms with Gasteiger partial charge in [-0.1, -0.05) is 29.8 Å². The molecule has 0 spiro atoms. The number of aryl methyl sites for hydroxylation is 1. The number of nitrogens with one attached hydrogen (secondary N) is 1. The van der Waals surface area contributed by atoms with Crippen molar-refractivity contribution in [1.82, 2.24) is 5.32 Å². The van der Waals surface area contributed by atoms with E-state index in [9.17, 15) is 5.11 Å². The molecule has 2 rings (SSSR count). The Hall–Kier alpha value is -0.860. The summed E-state index contributed by atoms with van der Waals surface area (Å²) in [6.07, 6.45) is 3.26. The number of hydrogen-bond acceptors (Lipinski definition) is 2. The second-order valence-electron chi connectivity index (χ2n) is 5.17. The predicted molar refractivity (Wildman–Crippen MR) is 66.5 cm³/mol. The predicted octanol–water partition coefficient (Wildman–Crippen LogP) is 2.04. The van der Waals surface area contributed by atoms with Crippen molar-refractivity contribution in [2.45, 2.75) is 44.7 Å². The second-order valence-corrected chi connectivity index (χ2v) is 5.17. The van der Waals surface area contributed by atoms with Crippen LogP contribution in [-0.4, -0.2) is 23.3 Å². The normalized spacial score (nSPS) is 19.4. The summed E-state index contributed by atoms with van der Waals surface area (Å²) in [5, 5.41) is 12.8. The number of aliphatic hydroxyl groups is 1. The second kappa shape index (κ2) is 4.56. The number of aliphatic hydroxyl groups excluding tert-OH is 1. The third-order valence-corrected chi connectivity index (χ3v) is 3.37. The third-order valence-electron chi connectivity index (χ3n) is 3.37. The third kappa shape index (κ3) is 2.83. The molecule has 0 heterocycles. The highest BCUT2D eigenvalue weighted by Gasteiger charge is 2.42. The number of benzene rings is 1. The minimum atomic E-state index is 0.0457. The van der Waals surface area contributed by atoms with Crippen LogP contribution in [0.1, 0.15) is 30.9 Å². The highest BCUT2D eigenvalue weighted by molar-refractivity contribution is 5.22. The SMILES string of the molecule is Cc1ccc(CC(C)NC2(CO)CC2)cc1. The van der Waals surface area contributed by atoms with Gasteiger partial charge in [-0.25, -0.2) is 0 Å². The molecule has 0 radical (unpaired) electrons. The average molecular weight is 219 g/mol. The van der Waals surface area contributed by atoms with Crippen LogP contribution in [0.25, 0.3) is 0 Å². The number of hydrogen-bond donors (Lipinski definition) is 2. The molecule has 0 amide bonds. The van der Waals surface area contributed by atoms with Gasteiger partial charge in [-0.3, -0.25) is 0 Å². The van der Waals surface area contributed by atoms with Crippen molar-refractivity contribution in [3.8, 4) is 0 Å². The standard InChI is InChI=1S/C14H21NO/c1-11-3-5-13(6-4-11)9-12(2)15-14(10-16)7-8-14/h3-6,12,15-16H,7-10H2,1-2H3. The van der Waals surface area contributed by atoms with E-state index in [1.54, 1.807) is 0 Å². The van der Waals surface area contributed by atoms with Crippen LogP contribution in [0, 0.1) is 6.92 Å². The Morgan fingerprint density at radius 1 is 1.31 bits per heavy atom. The quantitative estimate of drug-likeness (QED) is 0.794. The van der Waals surface area contributed by atoms with Crippen LogP contribution in [-0.2, 0) is 6.42 Å². The Morgan fingerprint density at radius 2 is 1.94 bits per heavy atom. The number of rotatable bonds is 5. The maximum Gasteiger partial charge on any atom is 0.0613 e. The highest BCUT2D eigenvalue weighted by atomic mass is 16.3. The first kappa shape index (κ1) is 11.6. The van der Waals surface area contributed by atoms with E-state index in [0.717, 1.165) is 19.3 Å². The zero-order valence-electron chi connectivity index (χ0n) is 10.2. The summed E-state index contributed by atoms with van der Waals surface area (Å²) in [7, 11) is 0. The van der Waals surface area contributed by atoms with Gasteiger partial charge in [-0.05, 0) is 38.7 Å². The van der Waals surface area contributed by atoms with E-state index in [0.29, 0.717) is 6.04 Å². The van der Waals surface area contributed by atoms with Crippen molar-refractivity contribution >= 4 is 0 Å². The molecule has 1 atom stereocenters. The van der Waals surface area contributed by atoms with Crippen molar-refractivity contribution in [3.63, 3.8) is 0 Å². The van der Waals surface area contributed by atoms with Gasteiger partial charge < -0.3 is 10.4 Å². The molecule has 1 aliphatic rings. The monoisotopic (exact) mass is 219 g/mol. The van der Waals surface area contributed by atoms with Gasteiger partial charge in [0.25, 0.3) is 0 Å². The van der Waals surface area contributed by atoms with Gasteiger partial charge in [0.2, 0.25) is 0 Å². The van der Waals surface area contributed by atoms with E-state index >= 15 is 0 Å². The molecule has 1 saturated carbocycles. The molecule has 0 aromatic heterocycles. The molecule has 1 aliphatic carbocycles. The van der Waals surface area contributed by atoms with E-state index in [1.165, 1.54) is 11.1 Å². The van der Waals surface area contributed by atoms with E-state index in [1.807, 2.05) is 0 Å². The van der Waals surface area contributed by atoms with Crippen molar-refractivity contribution in [3.05, 3.63) is 35.4 Å². The van der Waals surface area contributed by atoms with Gasteiger partial charge in [-0.2, -0.15) is 0 Å². The van der Waals surface area contributed by atoms with Gasteiger partial charge in [0.15, 0.2) is 0 Å². The van der Waals surface area contributed by atoms with Crippen LogP contribution in [0.15, 0.2) is 24.3 Å². The molecule has 1 fully saturated rings. The minimum Gasteiger partial charge on any atom is -0.394 e. The topological polar surface area (TPSA) is 32.3 Å². The first-order chi connectivity index (χ1) is 7.63. The Morgan fingerprint density at radius 3 is 2.44 bits per heavy atom. The van der Waals surface area contributed by atoms with Crippen LogP contribution >= 0.6 is 0 Å². The van der Waals surface area contributed by atoms with Crippen molar-refractivity contribution in [2.24, 2.45) is 0 Å². The van der Waals surface area contributed by atoms with Gasteiger partial charge in [0.1, 0.15) is 0 Å². The lowest BCUT2D eigenvalue weighted by atomic mass is 10.0. The zero-order chi connectivity index (χ0) is 11.6. The summed E-state index contributed by atoms with van der Waals surface area (Å²) < 4.78 is 0. The van der Waals surface area contributed by atoms with Crippen LogP contribution in [0.4, 0.5) is 0 Å². The Labute approximate surface area is 97.7 Å². The molecule has 0 aliphatic heterocycles. The Bertz CT molecular complexity index is 340. The van der Waals surface area contributed by atoms with Gasteiger partial charge >= 0.3 is 0 Å². The summed E-state index contributed by atoms with van der Waals surface area (Å²) in [4.78, 5) is 0. The molecule has 88 valence electrons. The van der Waals surface area contributed by atoms with E-state index in [4.69, 9.17) is 0 Å². The van der Waals surface area contributed by atoms with Crippen molar-refractivity contribution in [2.75, 3.05) is 6.61 Å². The summed E-state index contributed by atoms with van der Waals surface area (Å²) in [6, 6.07) is 9.11. The highest BCUT2D eigenvalue weighted by Crippen LogP contribution is 2.35. The molecule has 0 saturated heterocycles. The van der Waals surface area contributed by atoms with E-state index in [2.05, 4.69) is 43.4 Å². The fraction of sp³-hybridized carbons (Fsp3) is 0.571. The molecule has 1 aromatic rings. The molecule has 1 unspecified atom stereocenters. The minimum absolute atomic E-state index is 0.0457. The van der Waals surface area contributed by atoms with Crippen LogP contribution in [0.5, 0.6) is 0 Å². The first-order valence-electron chi connectivity index (χ1n) is 6.08. The Balaban J connectivity index is 1.87. The molecule has 0 bridgehead atoms. The fourth-order valence-electron chi connectivity index (χ4n) is 2.15. The average Bonchev–Trinajstić information content (AvgIpc) is 3.02. The largest absolute Gasteiger partial charge is 0.394 e. The summed E-state index contributed by atoms with van der Waals surface area (Å²) >= 11 is 0. The summed E-state index contributed by atoms with van der Waals surface area (Å²) in [6.45, 7) is 4.57. The van der Waals surface area contributed by atoms with Crippen molar-refractivity contribution in [1.29, 1.82) is 0 Å². The lowest BCUT2D eigenvalue weighted by Gasteiger charge is -2.21. The van der Waals surface area contributed by atoms with Gasteiger partial charge in [-0.15, -0.1) is 0 Å². The van der Waals surface area contributed by atoms with Crippen LogP contribution in [0.3, 0.4) is 0 Å². The zero-order valence-corrected chi connectivity index (χ0v) is 10.2. The lowest BCUT2D eigenvalue weighted by Crippen LogP contribution is -2.42. The molecular formula is C14H21NO. The summed E-state index contributed by atoms with van der Waals surface area (Å²) in [5.74, 6) is 0. The summed E-state index contributed by atoms with van der Waals surface area (Å²) in [5.41, 5.74) is 2.71. The molecular weight excluding hydrogens is 198 g/mol.